The lowest BCUT2D eigenvalue weighted by Crippen LogP contribution is -2.50. The maximum atomic E-state index is 12.0. The van der Waals surface area contributed by atoms with Crippen LogP contribution in [0.2, 0.25) is 0 Å². The zero-order chi connectivity index (χ0) is 12.0. The van der Waals surface area contributed by atoms with Gasteiger partial charge in [-0.2, -0.15) is 11.8 Å². The molecule has 0 radical (unpaired) electrons. The van der Waals surface area contributed by atoms with Crippen molar-refractivity contribution in [2.75, 3.05) is 12.0 Å². The van der Waals surface area contributed by atoms with Crippen LogP contribution in [-0.4, -0.2) is 40.9 Å². The Labute approximate surface area is 97.8 Å². The Hall–Kier alpha value is -0.220. The maximum absolute atomic E-state index is 12.0. The third-order valence-corrected chi connectivity index (χ3v) is 2.96. The van der Waals surface area contributed by atoms with Crippen LogP contribution in [0.25, 0.3) is 0 Å². The molecule has 1 atom stereocenters. The number of carbonyl (C=O) groups excluding carboxylic acids is 1. The molecule has 0 fully saturated rings. The molecule has 0 aliphatic carbocycles. The summed E-state index contributed by atoms with van der Waals surface area (Å²) in [5.74, 6) is 1.02. The molecule has 0 aromatic heterocycles. The minimum atomic E-state index is -0.345. The largest absolute Gasteiger partial charge is 0.336 e. The third-order valence-electron chi connectivity index (χ3n) is 2.32. The van der Waals surface area contributed by atoms with Crippen LogP contribution in [0.1, 0.15) is 34.1 Å². The first-order valence-electron chi connectivity index (χ1n) is 5.48. The van der Waals surface area contributed by atoms with E-state index in [9.17, 15) is 4.79 Å². The quantitative estimate of drug-likeness (QED) is 0.758. The molecule has 0 rings (SSSR count). The van der Waals surface area contributed by atoms with Crippen LogP contribution >= 0.6 is 11.8 Å². The van der Waals surface area contributed by atoms with E-state index in [0.29, 0.717) is 0 Å². The van der Waals surface area contributed by atoms with Gasteiger partial charge >= 0.3 is 0 Å². The van der Waals surface area contributed by atoms with E-state index in [0.717, 1.165) is 12.2 Å². The van der Waals surface area contributed by atoms with Gasteiger partial charge in [0, 0.05) is 12.1 Å². The normalized spacial score (nSPS) is 13.3. The molecule has 15 heavy (non-hydrogen) atoms. The minimum Gasteiger partial charge on any atom is -0.336 e. The maximum Gasteiger partial charge on any atom is 0.239 e. The molecule has 0 spiro atoms. The van der Waals surface area contributed by atoms with E-state index < -0.39 is 0 Å². The summed E-state index contributed by atoms with van der Waals surface area (Å²) in [6.45, 7) is 8.11. The van der Waals surface area contributed by atoms with Gasteiger partial charge in [-0.05, 0) is 46.1 Å². The van der Waals surface area contributed by atoms with Crippen LogP contribution in [0.15, 0.2) is 0 Å². The average molecular weight is 232 g/mol. The number of hydrogen-bond donors (Lipinski definition) is 1. The predicted molar refractivity (Wildman–Crippen MR) is 68.1 cm³/mol. The van der Waals surface area contributed by atoms with Crippen molar-refractivity contribution in [1.29, 1.82) is 0 Å². The predicted octanol–water partition coefficient (Wildman–Crippen LogP) is 1.71. The fourth-order valence-corrected chi connectivity index (χ4v) is 2.15. The van der Waals surface area contributed by atoms with Crippen LogP contribution in [0.3, 0.4) is 0 Å². The summed E-state index contributed by atoms with van der Waals surface area (Å²) in [5.41, 5.74) is 5.88. The highest BCUT2D eigenvalue weighted by Gasteiger charge is 2.24. The van der Waals surface area contributed by atoms with Gasteiger partial charge in [0.05, 0.1) is 6.04 Å². The van der Waals surface area contributed by atoms with Gasteiger partial charge in [-0.3, -0.25) is 4.79 Å². The SMILES string of the molecule is CSCC[C@@H](N)C(=O)N(C(C)C)C(C)C. The molecule has 2 N–H and O–H groups in total. The zero-order valence-electron chi connectivity index (χ0n) is 10.5. The van der Waals surface area contributed by atoms with Crippen molar-refractivity contribution < 1.29 is 4.79 Å². The first kappa shape index (κ1) is 14.8. The zero-order valence-corrected chi connectivity index (χ0v) is 11.3. The number of rotatable bonds is 6. The second kappa shape index (κ2) is 7.12. The minimum absolute atomic E-state index is 0.0778. The Balaban J connectivity index is 4.36. The molecule has 0 saturated heterocycles. The fourth-order valence-electron chi connectivity index (χ4n) is 1.67. The highest BCUT2D eigenvalue weighted by atomic mass is 32.2. The van der Waals surface area contributed by atoms with Gasteiger partial charge in [0.25, 0.3) is 0 Å². The van der Waals surface area contributed by atoms with E-state index in [1.165, 1.54) is 0 Å². The monoisotopic (exact) mass is 232 g/mol. The van der Waals surface area contributed by atoms with Crippen LogP contribution in [0.5, 0.6) is 0 Å². The molecule has 3 nitrogen and oxygen atoms in total. The first-order chi connectivity index (χ1) is 6.91. The number of amides is 1. The highest BCUT2D eigenvalue weighted by Crippen LogP contribution is 2.09. The average Bonchev–Trinajstić information content (AvgIpc) is 2.12. The summed E-state index contributed by atoms with van der Waals surface area (Å²) in [6.07, 6.45) is 2.79. The van der Waals surface area contributed by atoms with Gasteiger partial charge in [0.2, 0.25) is 5.91 Å². The van der Waals surface area contributed by atoms with Gasteiger partial charge < -0.3 is 10.6 Å². The fraction of sp³-hybridized carbons (Fsp3) is 0.909. The molecule has 0 aromatic rings. The van der Waals surface area contributed by atoms with E-state index in [-0.39, 0.29) is 24.0 Å². The van der Waals surface area contributed by atoms with Crippen molar-refractivity contribution in [2.24, 2.45) is 5.73 Å². The van der Waals surface area contributed by atoms with E-state index in [1.54, 1.807) is 11.8 Å². The Kier molecular flexibility index (Phi) is 7.02. The number of hydrogen-bond acceptors (Lipinski definition) is 3. The molecule has 0 saturated carbocycles. The Morgan fingerprint density at radius 3 is 2.07 bits per heavy atom. The second-order valence-corrected chi connectivity index (χ2v) is 5.31. The molecule has 90 valence electrons. The van der Waals surface area contributed by atoms with Crippen LogP contribution in [-0.2, 0) is 4.79 Å². The molecule has 1 amide bonds. The number of nitrogens with two attached hydrogens (primary N) is 1. The highest BCUT2D eigenvalue weighted by molar-refractivity contribution is 7.98. The second-order valence-electron chi connectivity index (χ2n) is 4.32. The Morgan fingerprint density at radius 1 is 1.27 bits per heavy atom. The summed E-state index contributed by atoms with van der Waals surface area (Å²) < 4.78 is 0. The lowest BCUT2D eigenvalue weighted by Gasteiger charge is -2.33. The van der Waals surface area contributed by atoms with Crippen molar-refractivity contribution in [2.45, 2.75) is 52.2 Å². The first-order valence-corrected chi connectivity index (χ1v) is 6.87. The van der Waals surface area contributed by atoms with Crippen molar-refractivity contribution in [3.05, 3.63) is 0 Å². The molecule has 0 bridgehead atoms. The van der Waals surface area contributed by atoms with Crippen molar-refractivity contribution in [3.8, 4) is 0 Å². The molecular weight excluding hydrogens is 208 g/mol. The summed E-state index contributed by atoms with van der Waals surface area (Å²) in [7, 11) is 0. The Morgan fingerprint density at radius 2 is 1.73 bits per heavy atom. The smallest absolute Gasteiger partial charge is 0.239 e. The van der Waals surface area contributed by atoms with Gasteiger partial charge in [-0.25, -0.2) is 0 Å². The van der Waals surface area contributed by atoms with Gasteiger partial charge in [-0.15, -0.1) is 0 Å². The van der Waals surface area contributed by atoms with Crippen molar-refractivity contribution >= 4 is 17.7 Å². The number of thioether (sulfide) groups is 1. The van der Waals surface area contributed by atoms with Crippen molar-refractivity contribution in [1.82, 2.24) is 4.90 Å². The standard InChI is InChI=1S/C11H24N2OS/c1-8(2)13(9(3)4)11(14)10(12)6-7-15-5/h8-10H,6-7,12H2,1-5H3/t10-/m1/s1. The molecule has 0 heterocycles. The molecule has 4 heteroatoms. The van der Waals surface area contributed by atoms with E-state index in [1.807, 2.05) is 38.9 Å². The lowest BCUT2D eigenvalue weighted by atomic mass is 10.1. The third kappa shape index (κ3) is 4.89. The lowest BCUT2D eigenvalue weighted by molar-refractivity contribution is -0.136. The van der Waals surface area contributed by atoms with Gasteiger partial charge in [0.1, 0.15) is 0 Å². The topological polar surface area (TPSA) is 46.3 Å². The van der Waals surface area contributed by atoms with Crippen molar-refractivity contribution in [3.63, 3.8) is 0 Å². The van der Waals surface area contributed by atoms with Crippen LogP contribution in [0.4, 0.5) is 0 Å². The van der Waals surface area contributed by atoms with E-state index in [2.05, 4.69) is 0 Å². The molecule has 0 unspecified atom stereocenters. The molecule has 0 aromatic carbocycles. The molecular formula is C11H24N2OS. The summed E-state index contributed by atoms with van der Waals surface area (Å²) >= 11 is 1.73. The van der Waals surface area contributed by atoms with E-state index >= 15 is 0 Å². The molecule has 0 aliphatic rings. The summed E-state index contributed by atoms with van der Waals surface area (Å²) in [4.78, 5) is 13.9. The number of nitrogens with zero attached hydrogens (tertiary/aromatic N) is 1. The number of carbonyl (C=O) groups is 1. The van der Waals surface area contributed by atoms with Gasteiger partial charge in [-0.1, -0.05) is 0 Å². The summed E-state index contributed by atoms with van der Waals surface area (Å²) in [6, 6.07) is 0.0953. The Bertz CT molecular complexity index is 187. The van der Waals surface area contributed by atoms with Gasteiger partial charge in [0.15, 0.2) is 0 Å². The molecule has 0 aliphatic heterocycles. The van der Waals surface area contributed by atoms with Crippen LogP contribution < -0.4 is 5.73 Å². The van der Waals surface area contributed by atoms with E-state index in [4.69, 9.17) is 5.73 Å². The summed E-state index contributed by atoms with van der Waals surface area (Å²) in [5, 5.41) is 0. The van der Waals surface area contributed by atoms with Crippen LogP contribution in [0, 0.1) is 0 Å².